The number of primary amides is 1. The van der Waals surface area contributed by atoms with Gasteiger partial charge in [-0.3, -0.25) is 4.79 Å². The second kappa shape index (κ2) is 5.74. The van der Waals surface area contributed by atoms with Crippen molar-refractivity contribution >= 4 is 33.3 Å². The molecule has 1 aliphatic heterocycles. The highest BCUT2D eigenvalue weighted by Crippen LogP contribution is 2.41. The summed E-state index contributed by atoms with van der Waals surface area (Å²) in [7, 11) is 0. The van der Waals surface area contributed by atoms with Crippen molar-refractivity contribution in [1.82, 2.24) is 9.97 Å². The molecule has 0 bridgehead atoms. The first kappa shape index (κ1) is 14.9. The van der Waals surface area contributed by atoms with Crippen LogP contribution in [-0.4, -0.2) is 29.0 Å². The van der Waals surface area contributed by atoms with E-state index in [4.69, 9.17) is 5.73 Å². The van der Waals surface area contributed by atoms with Crippen LogP contribution in [0.4, 0.5) is 5.82 Å². The van der Waals surface area contributed by atoms with Crippen molar-refractivity contribution in [3.63, 3.8) is 0 Å². The number of hydrogen-bond donors (Lipinski definition) is 1. The van der Waals surface area contributed by atoms with E-state index >= 15 is 0 Å². The summed E-state index contributed by atoms with van der Waals surface area (Å²) in [6.07, 6.45) is 6.88. The maximum atomic E-state index is 11.4. The van der Waals surface area contributed by atoms with Gasteiger partial charge in [0, 0.05) is 23.9 Å². The number of fused-ring (bicyclic) bond motifs is 3. The Morgan fingerprint density at radius 3 is 2.83 bits per heavy atom. The van der Waals surface area contributed by atoms with E-state index in [-0.39, 0.29) is 11.8 Å². The average molecular weight is 330 g/mol. The van der Waals surface area contributed by atoms with Crippen molar-refractivity contribution in [2.75, 3.05) is 18.0 Å². The molecule has 1 saturated heterocycles. The molecule has 1 unspecified atom stereocenters. The van der Waals surface area contributed by atoms with E-state index in [2.05, 4.69) is 21.8 Å². The number of hydrogen-bond acceptors (Lipinski definition) is 5. The van der Waals surface area contributed by atoms with Crippen LogP contribution < -0.4 is 10.6 Å². The number of aryl methyl sites for hydroxylation is 1. The quantitative estimate of drug-likeness (QED) is 0.918. The van der Waals surface area contributed by atoms with E-state index in [1.165, 1.54) is 28.7 Å². The highest BCUT2D eigenvalue weighted by molar-refractivity contribution is 7.19. The van der Waals surface area contributed by atoms with E-state index in [1.54, 1.807) is 6.33 Å². The van der Waals surface area contributed by atoms with Gasteiger partial charge in [0.2, 0.25) is 5.91 Å². The van der Waals surface area contributed by atoms with Gasteiger partial charge in [-0.2, -0.15) is 0 Å². The Morgan fingerprint density at radius 2 is 2.09 bits per heavy atom. The Balaban J connectivity index is 1.69. The van der Waals surface area contributed by atoms with Gasteiger partial charge in [0.05, 0.1) is 5.39 Å². The molecule has 0 spiro atoms. The molecule has 2 aliphatic rings. The maximum Gasteiger partial charge on any atom is 0.220 e. The molecule has 1 aliphatic carbocycles. The molecule has 23 heavy (non-hydrogen) atoms. The summed E-state index contributed by atoms with van der Waals surface area (Å²) in [5.74, 6) is 1.67. The Labute approximate surface area is 139 Å². The number of carbonyl (C=O) groups is 1. The van der Waals surface area contributed by atoms with E-state index in [0.29, 0.717) is 0 Å². The fourth-order valence-corrected chi connectivity index (χ4v) is 5.22. The molecular weight excluding hydrogens is 308 g/mol. The zero-order valence-electron chi connectivity index (χ0n) is 13.4. The fraction of sp³-hybridized carbons (Fsp3) is 0.588. The Kier molecular flexibility index (Phi) is 3.71. The van der Waals surface area contributed by atoms with Crippen LogP contribution in [0.25, 0.3) is 10.2 Å². The van der Waals surface area contributed by atoms with Crippen molar-refractivity contribution in [2.45, 2.75) is 39.0 Å². The Morgan fingerprint density at radius 1 is 1.30 bits per heavy atom. The molecule has 0 saturated carbocycles. The minimum atomic E-state index is -0.167. The standard InChI is InChI=1S/C17H22N4OS/c1-10-2-3-12-13(8-10)23-17-14(12)16(19-9-20-17)21-6-4-11(5-7-21)15(18)22/h9-11H,2-8H2,1H3,(H2,18,22). The van der Waals surface area contributed by atoms with Crippen molar-refractivity contribution in [2.24, 2.45) is 17.6 Å². The molecule has 5 nitrogen and oxygen atoms in total. The van der Waals surface area contributed by atoms with Crippen molar-refractivity contribution in [3.05, 3.63) is 16.8 Å². The molecule has 0 radical (unpaired) electrons. The predicted molar refractivity (Wildman–Crippen MR) is 92.7 cm³/mol. The number of piperidine rings is 1. The minimum absolute atomic E-state index is 0.0146. The average Bonchev–Trinajstić information content (AvgIpc) is 2.92. The summed E-state index contributed by atoms with van der Waals surface area (Å²) in [6, 6.07) is 0. The van der Waals surface area contributed by atoms with Crippen LogP contribution in [0.15, 0.2) is 6.33 Å². The highest BCUT2D eigenvalue weighted by atomic mass is 32.1. The molecule has 6 heteroatoms. The summed E-state index contributed by atoms with van der Waals surface area (Å²) in [5.41, 5.74) is 6.92. The first-order valence-corrected chi connectivity index (χ1v) is 9.24. The molecule has 4 rings (SSSR count). The van der Waals surface area contributed by atoms with E-state index in [9.17, 15) is 4.79 Å². The molecule has 1 amide bonds. The highest BCUT2D eigenvalue weighted by Gasteiger charge is 2.28. The molecule has 0 aromatic carbocycles. The molecule has 2 aromatic heterocycles. The summed E-state index contributed by atoms with van der Waals surface area (Å²) in [5, 5.41) is 1.26. The number of anilines is 1. The van der Waals surface area contributed by atoms with Gasteiger partial charge in [-0.1, -0.05) is 6.92 Å². The van der Waals surface area contributed by atoms with Crippen LogP contribution in [0.5, 0.6) is 0 Å². The lowest BCUT2D eigenvalue weighted by Crippen LogP contribution is -2.39. The molecule has 2 aromatic rings. The van der Waals surface area contributed by atoms with Crippen LogP contribution in [0.2, 0.25) is 0 Å². The third-order valence-electron chi connectivity index (χ3n) is 5.27. The summed E-state index contributed by atoms with van der Waals surface area (Å²) in [4.78, 5) is 25.4. The topological polar surface area (TPSA) is 72.1 Å². The zero-order valence-corrected chi connectivity index (χ0v) is 14.2. The lowest BCUT2D eigenvalue weighted by molar-refractivity contribution is -0.122. The Hall–Kier alpha value is -1.69. The predicted octanol–water partition coefficient (Wildman–Crippen LogP) is 2.52. The van der Waals surface area contributed by atoms with Gasteiger partial charge in [0.1, 0.15) is 17.0 Å². The van der Waals surface area contributed by atoms with Crippen molar-refractivity contribution in [1.29, 1.82) is 0 Å². The number of amides is 1. The minimum Gasteiger partial charge on any atom is -0.369 e. The first-order valence-electron chi connectivity index (χ1n) is 8.43. The van der Waals surface area contributed by atoms with Gasteiger partial charge in [0.15, 0.2) is 0 Å². The van der Waals surface area contributed by atoms with Crippen LogP contribution >= 0.6 is 11.3 Å². The molecule has 122 valence electrons. The normalized spacial score (nSPS) is 22.3. The van der Waals surface area contributed by atoms with Crippen LogP contribution in [0.1, 0.15) is 36.6 Å². The number of carbonyl (C=O) groups excluding carboxylic acids is 1. The molecule has 1 fully saturated rings. The molecular formula is C17H22N4OS. The smallest absolute Gasteiger partial charge is 0.220 e. The molecule has 2 N–H and O–H groups in total. The summed E-state index contributed by atoms with van der Waals surface area (Å²) in [6.45, 7) is 4.02. The van der Waals surface area contributed by atoms with E-state index in [1.807, 2.05) is 11.3 Å². The van der Waals surface area contributed by atoms with E-state index in [0.717, 1.165) is 48.9 Å². The van der Waals surface area contributed by atoms with Crippen LogP contribution in [0, 0.1) is 11.8 Å². The monoisotopic (exact) mass is 330 g/mol. The second-order valence-electron chi connectivity index (χ2n) is 6.89. The van der Waals surface area contributed by atoms with Gasteiger partial charge >= 0.3 is 0 Å². The maximum absolute atomic E-state index is 11.4. The SMILES string of the molecule is CC1CCc2c(sc3ncnc(N4CCC(C(N)=O)CC4)c23)C1. The van der Waals surface area contributed by atoms with E-state index < -0.39 is 0 Å². The fourth-order valence-electron chi connectivity index (χ4n) is 3.87. The van der Waals surface area contributed by atoms with Gasteiger partial charge < -0.3 is 10.6 Å². The first-order chi connectivity index (χ1) is 11.1. The third-order valence-corrected chi connectivity index (χ3v) is 6.43. The number of thiophene rings is 1. The second-order valence-corrected chi connectivity index (χ2v) is 7.98. The lowest BCUT2D eigenvalue weighted by atomic mass is 9.89. The number of rotatable bonds is 2. The van der Waals surface area contributed by atoms with Crippen molar-refractivity contribution < 1.29 is 4.79 Å². The third kappa shape index (κ3) is 2.59. The summed E-state index contributed by atoms with van der Waals surface area (Å²) >= 11 is 1.84. The van der Waals surface area contributed by atoms with Gasteiger partial charge in [-0.25, -0.2) is 9.97 Å². The zero-order chi connectivity index (χ0) is 16.0. The number of nitrogens with zero attached hydrogens (tertiary/aromatic N) is 3. The number of aromatic nitrogens is 2. The van der Waals surface area contributed by atoms with Gasteiger partial charge in [-0.15, -0.1) is 11.3 Å². The Bertz CT molecular complexity index is 748. The van der Waals surface area contributed by atoms with Gasteiger partial charge in [0.25, 0.3) is 0 Å². The van der Waals surface area contributed by atoms with Crippen molar-refractivity contribution in [3.8, 4) is 0 Å². The van der Waals surface area contributed by atoms with Crippen LogP contribution in [0.3, 0.4) is 0 Å². The lowest BCUT2D eigenvalue weighted by Gasteiger charge is -2.32. The van der Waals surface area contributed by atoms with Crippen LogP contribution in [-0.2, 0) is 17.6 Å². The van der Waals surface area contributed by atoms with Gasteiger partial charge in [-0.05, 0) is 43.6 Å². The molecule has 3 heterocycles. The summed E-state index contributed by atoms with van der Waals surface area (Å²) < 4.78 is 0. The largest absolute Gasteiger partial charge is 0.369 e. The number of nitrogens with two attached hydrogens (primary N) is 1. The molecule has 1 atom stereocenters.